The SMILES string of the molecule is Cc1cc(C[C@H](N)C(=O)O)cc(I)c1NCS. The molecule has 1 aromatic rings. The van der Waals surface area contributed by atoms with E-state index >= 15 is 0 Å². The summed E-state index contributed by atoms with van der Waals surface area (Å²) in [7, 11) is 0. The molecule has 0 spiro atoms. The van der Waals surface area contributed by atoms with Crippen molar-refractivity contribution in [3.63, 3.8) is 0 Å². The van der Waals surface area contributed by atoms with Crippen LogP contribution in [0, 0.1) is 10.5 Å². The summed E-state index contributed by atoms with van der Waals surface area (Å²) in [4.78, 5) is 10.7. The van der Waals surface area contributed by atoms with Crippen molar-refractivity contribution in [2.24, 2.45) is 5.73 Å². The molecular formula is C11H15IN2O2S. The molecule has 0 saturated carbocycles. The fourth-order valence-electron chi connectivity index (χ4n) is 1.58. The van der Waals surface area contributed by atoms with Crippen molar-refractivity contribution in [1.29, 1.82) is 0 Å². The molecule has 0 amide bonds. The van der Waals surface area contributed by atoms with Crippen molar-refractivity contribution in [2.45, 2.75) is 19.4 Å². The molecule has 0 radical (unpaired) electrons. The standard InChI is InChI=1S/C11H15IN2O2S/c1-6-2-7(4-9(13)11(15)16)3-8(12)10(6)14-5-17/h2-3,9,14,17H,4-5,13H2,1H3,(H,15,16)/t9-/m0/s1. The Hall–Kier alpha value is -0.470. The number of carboxylic acids is 1. The lowest BCUT2D eigenvalue weighted by Crippen LogP contribution is -2.32. The number of nitrogens with two attached hydrogens (primary N) is 1. The number of hydrogen-bond donors (Lipinski definition) is 4. The highest BCUT2D eigenvalue weighted by molar-refractivity contribution is 14.1. The Labute approximate surface area is 120 Å². The highest BCUT2D eigenvalue weighted by Crippen LogP contribution is 2.25. The van der Waals surface area contributed by atoms with Gasteiger partial charge in [0.2, 0.25) is 0 Å². The second-order valence-electron chi connectivity index (χ2n) is 3.75. The van der Waals surface area contributed by atoms with Gasteiger partial charge in [-0.15, -0.1) is 0 Å². The summed E-state index contributed by atoms with van der Waals surface area (Å²) in [6.45, 7) is 1.98. The van der Waals surface area contributed by atoms with Gasteiger partial charge in [0.1, 0.15) is 6.04 Å². The van der Waals surface area contributed by atoms with Crippen LogP contribution >= 0.6 is 35.2 Å². The van der Waals surface area contributed by atoms with Crippen LogP contribution in [-0.4, -0.2) is 23.0 Å². The number of rotatable bonds is 5. The monoisotopic (exact) mass is 366 g/mol. The molecule has 0 aliphatic carbocycles. The molecule has 0 heterocycles. The topological polar surface area (TPSA) is 75.4 Å². The molecule has 0 saturated heterocycles. The van der Waals surface area contributed by atoms with Gasteiger partial charge in [-0.05, 0) is 53.1 Å². The van der Waals surface area contributed by atoms with E-state index in [1.807, 2.05) is 19.1 Å². The molecule has 0 fully saturated rings. The Kier molecular flexibility index (Phi) is 5.54. The zero-order valence-electron chi connectivity index (χ0n) is 9.40. The minimum atomic E-state index is -0.977. The predicted molar refractivity (Wildman–Crippen MR) is 80.7 cm³/mol. The number of benzene rings is 1. The third kappa shape index (κ3) is 4.04. The highest BCUT2D eigenvalue weighted by Gasteiger charge is 2.14. The number of hydrogen-bond acceptors (Lipinski definition) is 4. The number of thiol groups is 1. The fraction of sp³-hybridized carbons (Fsp3) is 0.364. The van der Waals surface area contributed by atoms with Crippen molar-refractivity contribution in [3.8, 4) is 0 Å². The van der Waals surface area contributed by atoms with Gasteiger partial charge in [0.15, 0.2) is 0 Å². The molecule has 0 aliphatic heterocycles. The minimum absolute atomic E-state index is 0.341. The molecule has 0 bridgehead atoms. The van der Waals surface area contributed by atoms with Gasteiger partial charge in [-0.1, -0.05) is 6.07 Å². The molecular weight excluding hydrogens is 351 g/mol. The van der Waals surface area contributed by atoms with E-state index in [1.165, 1.54) is 0 Å². The first-order valence-electron chi connectivity index (χ1n) is 5.08. The van der Waals surface area contributed by atoms with E-state index in [1.54, 1.807) is 0 Å². The smallest absolute Gasteiger partial charge is 0.320 e. The molecule has 0 unspecified atom stereocenters. The van der Waals surface area contributed by atoms with E-state index in [2.05, 4.69) is 40.5 Å². The molecule has 1 aromatic carbocycles. The van der Waals surface area contributed by atoms with Gasteiger partial charge < -0.3 is 16.2 Å². The first-order valence-corrected chi connectivity index (χ1v) is 6.79. The highest BCUT2D eigenvalue weighted by atomic mass is 127. The Bertz CT molecular complexity index is 403. The van der Waals surface area contributed by atoms with Crippen LogP contribution in [0.1, 0.15) is 11.1 Å². The van der Waals surface area contributed by atoms with Crippen molar-refractivity contribution < 1.29 is 9.90 Å². The van der Waals surface area contributed by atoms with E-state index in [4.69, 9.17) is 10.8 Å². The maximum absolute atomic E-state index is 10.7. The summed E-state index contributed by atoms with van der Waals surface area (Å²) >= 11 is 6.34. The molecule has 1 rings (SSSR count). The second-order valence-corrected chi connectivity index (χ2v) is 5.23. The summed E-state index contributed by atoms with van der Waals surface area (Å²) in [5.41, 5.74) is 8.56. The van der Waals surface area contributed by atoms with Gasteiger partial charge in [0.25, 0.3) is 0 Å². The van der Waals surface area contributed by atoms with Crippen molar-refractivity contribution in [3.05, 3.63) is 26.8 Å². The largest absolute Gasteiger partial charge is 0.480 e. The lowest BCUT2D eigenvalue weighted by atomic mass is 10.0. The summed E-state index contributed by atoms with van der Waals surface area (Å²) < 4.78 is 1.05. The lowest BCUT2D eigenvalue weighted by molar-refractivity contribution is -0.138. The van der Waals surface area contributed by atoms with E-state index in [0.717, 1.165) is 20.4 Å². The number of nitrogens with one attached hydrogen (secondary N) is 1. The van der Waals surface area contributed by atoms with Crippen LogP contribution in [0.15, 0.2) is 12.1 Å². The van der Waals surface area contributed by atoms with Crippen molar-refractivity contribution in [1.82, 2.24) is 0 Å². The third-order valence-corrected chi connectivity index (χ3v) is 3.38. The normalized spacial score (nSPS) is 12.2. The molecule has 1 atom stereocenters. The van der Waals surface area contributed by atoms with Gasteiger partial charge in [-0.25, -0.2) is 0 Å². The summed E-state index contributed by atoms with van der Waals surface area (Å²) in [5, 5.41) is 11.9. The maximum atomic E-state index is 10.7. The molecule has 6 heteroatoms. The Morgan fingerprint density at radius 2 is 2.29 bits per heavy atom. The van der Waals surface area contributed by atoms with Crippen molar-refractivity contribution in [2.75, 3.05) is 11.2 Å². The number of carbonyl (C=O) groups is 1. The van der Waals surface area contributed by atoms with Crippen LogP contribution in [0.25, 0.3) is 0 Å². The fourth-order valence-corrected chi connectivity index (χ4v) is 2.75. The lowest BCUT2D eigenvalue weighted by Gasteiger charge is -2.13. The summed E-state index contributed by atoms with van der Waals surface area (Å²) in [6.07, 6.45) is 0.341. The van der Waals surface area contributed by atoms with Gasteiger partial charge >= 0.3 is 5.97 Å². The number of aryl methyl sites for hydroxylation is 1. The average Bonchev–Trinajstić information content (AvgIpc) is 2.23. The molecule has 0 aromatic heterocycles. The van der Waals surface area contributed by atoms with Gasteiger partial charge in [-0.3, -0.25) is 4.79 Å². The van der Waals surface area contributed by atoms with Crippen LogP contribution in [0.2, 0.25) is 0 Å². The third-order valence-electron chi connectivity index (χ3n) is 2.38. The molecule has 4 N–H and O–H groups in total. The maximum Gasteiger partial charge on any atom is 0.320 e. The van der Waals surface area contributed by atoms with Crippen LogP contribution < -0.4 is 11.1 Å². The second kappa shape index (κ2) is 6.46. The van der Waals surface area contributed by atoms with Gasteiger partial charge in [0.05, 0.1) is 11.6 Å². The molecule has 0 aliphatic rings. The van der Waals surface area contributed by atoms with Crippen LogP contribution in [0.5, 0.6) is 0 Å². The predicted octanol–water partition coefficient (Wildman–Crippen LogP) is 1.85. The Morgan fingerprint density at radius 3 is 2.76 bits per heavy atom. The Balaban J connectivity index is 2.94. The van der Waals surface area contributed by atoms with Crippen LogP contribution in [0.4, 0.5) is 5.69 Å². The zero-order valence-corrected chi connectivity index (χ0v) is 12.5. The first-order chi connectivity index (χ1) is 7.95. The van der Waals surface area contributed by atoms with Crippen LogP contribution in [-0.2, 0) is 11.2 Å². The van der Waals surface area contributed by atoms with Crippen LogP contribution in [0.3, 0.4) is 0 Å². The van der Waals surface area contributed by atoms with E-state index in [-0.39, 0.29) is 0 Å². The minimum Gasteiger partial charge on any atom is -0.480 e. The zero-order chi connectivity index (χ0) is 13.0. The number of halogens is 1. The summed E-state index contributed by atoms with van der Waals surface area (Å²) in [6, 6.07) is 3.05. The average molecular weight is 366 g/mol. The molecule has 94 valence electrons. The molecule has 4 nitrogen and oxygen atoms in total. The Morgan fingerprint density at radius 1 is 1.65 bits per heavy atom. The van der Waals surface area contributed by atoms with E-state index in [9.17, 15) is 4.79 Å². The number of anilines is 1. The van der Waals surface area contributed by atoms with Crippen molar-refractivity contribution >= 4 is 46.9 Å². The van der Waals surface area contributed by atoms with Gasteiger partial charge in [-0.2, -0.15) is 12.6 Å². The summed E-state index contributed by atoms with van der Waals surface area (Å²) in [5.74, 6) is -0.416. The first kappa shape index (κ1) is 14.6. The number of aliphatic carboxylic acids is 1. The quantitative estimate of drug-likeness (QED) is 0.365. The van der Waals surface area contributed by atoms with Gasteiger partial charge in [0, 0.05) is 3.57 Å². The van der Waals surface area contributed by atoms with E-state index < -0.39 is 12.0 Å². The number of carboxylic acid groups (broad SMARTS) is 1. The molecule has 17 heavy (non-hydrogen) atoms. The van der Waals surface area contributed by atoms with E-state index in [0.29, 0.717) is 12.3 Å².